The molecule has 150 valence electrons. The molecular formula is C19H17N3O6S. The van der Waals surface area contributed by atoms with Crippen LogP contribution in [0.3, 0.4) is 0 Å². The van der Waals surface area contributed by atoms with Crippen LogP contribution >= 0.6 is 11.8 Å². The summed E-state index contributed by atoms with van der Waals surface area (Å²) < 4.78 is 10.00. The number of hydrogen-bond donors (Lipinski definition) is 1. The molecule has 9 nitrogen and oxygen atoms in total. The van der Waals surface area contributed by atoms with Crippen LogP contribution in [0.1, 0.15) is 21.5 Å². The Hall–Kier alpha value is -3.58. The van der Waals surface area contributed by atoms with Crippen molar-refractivity contribution in [1.82, 2.24) is 0 Å². The first kappa shape index (κ1) is 21.7. The molecule has 0 saturated carbocycles. The van der Waals surface area contributed by atoms with Crippen LogP contribution in [-0.4, -0.2) is 30.5 Å². The molecule has 0 radical (unpaired) electrons. The standard InChI is InChI=1S/C19H17N3O6S/c1-11-6-14(29-10-20)7-12(2)18(11)21-17(23)9-28-19(24)15-8-13(22(25)26)4-5-16(15)27-3/h4-8H,9H2,1-3H3,(H,21,23). The number of nitriles is 1. The number of thioether (sulfide) groups is 1. The van der Waals surface area contributed by atoms with Crippen molar-refractivity contribution in [3.63, 3.8) is 0 Å². The van der Waals surface area contributed by atoms with E-state index in [1.54, 1.807) is 26.0 Å². The van der Waals surface area contributed by atoms with E-state index in [0.29, 0.717) is 5.69 Å². The Bertz CT molecular complexity index is 992. The number of rotatable bonds is 7. The Kier molecular flexibility index (Phi) is 7.16. The van der Waals surface area contributed by atoms with Gasteiger partial charge in [-0.1, -0.05) is 0 Å². The van der Waals surface area contributed by atoms with Crippen LogP contribution in [0, 0.1) is 34.6 Å². The number of nitrogens with zero attached hydrogens (tertiary/aromatic N) is 2. The van der Waals surface area contributed by atoms with E-state index < -0.39 is 23.4 Å². The largest absolute Gasteiger partial charge is 0.496 e. The SMILES string of the molecule is COc1ccc([N+](=O)[O-])cc1C(=O)OCC(=O)Nc1c(C)cc(SC#N)cc1C. The minimum atomic E-state index is -0.921. The molecule has 0 saturated heterocycles. The number of carbonyl (C=O) groups excluding carboxylic acids is 2. The maximum atomic E-state index is 12.3. The maximum absolute atomic E-state index is 12.3. The second-order valence-corrected chi connectivity index (χ2v) is 6.75. The quantitative estimate of drug-likeness (QED) is 0.239. The van der Waals surface area contributed by atoms with Gasteiger partial charge in [0.15, 0.2) is 6.61 Å². The number of nitrogens with one attached hydrogen (secondary N) is 1. The molecule has 0 aliphatic rings. The number of nitro benzene ring substituents is 1. The molecule has 0 bridgehead atoms. The second-order valence-electron chi connectivity index (χ2n) is 5.89. The molecule has 0 aliphatic carbocycles. The summed E-state index contributed by atoms with van der Waals surface area (Å²) in [6, 6.07) is 7.02. The summed E-state index contributed by atoms with van der Waals surface area (Å²) >= 11 is 1.01. The highest BCUT2D eigenvalue weighted by Gasteiger charge is 2.20. The molecule has 1 N–H and O–H groups in total. The molecule has 0 heterocycles. The average Bonchev–Trinajstić information content (AvgIpc) is 2.68. The molecule has 0 unspecified atom stereocenters. The molecule has 2 rings (SSSR count). The van der Waals surface area contributed by atoms with E-state index in [9.17, 15) is 19.7 Å². The van der Waals surface area contributed by atoms with Gasteiger partial charge in [0.2, 0.25) is 0 Å². The number of esters is 1. The van der Waals surface area contributed by atoms with Gasteiger partial charge in [-0.05, 0) is 54.9 Å². The van der Waals surface area contributed by atoms with Crippen LogP contribution < -0.4 is 10.1 Å². The van der Waals surface area contributed by atoms with E-state index >= 15 is 0 Å². The number of amides is 1. The normalized spacial score (nSPS) is 10.0. The minimum absolute atomic E-state index is 0.0956. The summed E-state index contributed by atoms with van der Waals surface area (Å²) in [7, 11) is 1.31. The second kappa shape index (κ2) is 9.57. The number of non-ortho nitro benzene ring substituents is 1. The third kappa shape index (κ3) is 5.46. The van der Waals surface area contributed by atoms with E-state index in [0.717, 1.165) is 33.9 Å². The monoisotopic (exact) mass is 415 g/mol. The fourth-order valence-electron chi connectivity index (χ4n) is 2.59. The third-order valence-electron chi connectivity index (χ3n) is 3.88. The Morgan fingerprint density at radius 3 is 2.45 bits per heavy atom. The fourth-order valence-corrected chi connectivity index (χ4v) is 3.16. The van der Waals surface area contributed by atoms with Crippen molar-refractivity contribution < 1.29 is 24.0 Å². The number of benzene rings is 2. The lowest BCUT2D eigenvalue weighted by atomic mass is 10.1. The number of methoxy groups -OCH3 is 1. The lowest BCUT2D eigenvalue weighted by Crippen LogP contribution is -2.22. The van der Waals surface area contributed by atoms with Gasteiger partial charge in [-0.3, -0.25) is 14.9 Å². The number of ether oxygens (including phenoxy) is 2. The van der Waals surface area contributed by atoms with E-state index in [-0.39, 0.29) is 17.0 Å². The molecule has 2 aromatic rings. The highest BCUT2D eigenvalue weighted by atomic mass is 32.2. The summed E-state index contributed by atoms with van der Waals surface area (Å²) in [5, 5.41) is 24.3. The Morgan fingerprint density at radius 1 is 1.24 bits per heavy atom. The van der Waals surface area contributed by atoms with Gasteiger partial charge in [-0.25, -0.2) is 4.79 Å². The summed E-state index contributed by atoms with van der Waals surface area (Å²) in [5.41, 5.74) is 1.61. The molecule has 0 spiro atoms. The summed E-state index contributed by atoms with van der Waals surface area (Å²) in [6.45, 7) is 2.98. The number of aryl methyl sites for hydroxylation is 2. The van der Waals surface area contributed by atoms with Crippen LogP contribution in [0.2, 0.25) is 0 Å². The van der Waals surface area contributed by atoms with Crippen molar-refractivity contribution in [2.75, 3.05) is 19.0 Å². The lowest BCUT2D eigenvalue weighted by Gasteiger charge is -2.13. The summed E-state index contributed by atoms with van der Waals surface area (Å²) in [4.78, 5) is 35.5. The van der Waals surface area contributed by atoms with E-state index in [1.807, 2.05) is 5.40 Å². The molecule has 0 atom stereocenters. The molecule has 29 heavy (non-hydrogen) atoms. The number of anilines is 1. The van der Waals surface area contributed by atoms with Crippen molar-refractivity contribution in [1.29, 1.82) is 5.26 Å². The van der Waals surface area contributed by atoms with Crippen molar-refractivity contribution in [3.05, 3.63) is 57.1 Å². The average molecular weight is 415 g/mol. The Balaban J connectivity index is 2.08. The molecule has 0 aromatic heterocycles. The maximum Gasteiger partial charge on any atom is 0.342 e. The lowest BCUT2D eigenvalue weighted by molar-refractivity contribution is -0.384. The highest BCUT2D eigenvalue weighted by Crippen LogP contribution is 2.28. The van der Waals surface area contributed by atoms with Crippen LogP contribution in [0.15, 0.2) is 35.2 Å². The van der Waals surface area contributed by atoms with Crippen molar-refractivity contribution >= 4 is 35.0 Å². The number of hydrogen-bond acceptors (Lipinski definition) is 8. The van der Waals surface area contributed by atoms with Gasteiger partial charge >= 0.3 is 5.97 Å². The van der Waals surface area contributed by atoms with E-state index in [2.05, 4.69) is 5.32 Å². The van der Waals surface area contributed by atoms with Gasteiger partial charge in [0, 0.05) is 22.7 Å². The fraction of sp³-hybridized carbons (Fsp3) is 0.211. The van der Waals surface area contributed by atoms with Gasteiger partial charge in [-0.2, -0.15) is 5.26 Å². The minimum Gasteiger partial charge on any atom is -0.496 e. The van der Waals surface area contributed by atoms with Crippen LogP contribution in [-0.2, 0) is 9.53 Å². The first-order valence-electron chi connectivity index (χ1n) is 8.23. The van der Waals surface area contributed by atoms with Gasteiger partial charge in [0.05, 0.1) is 12.0 Å². The van der Waals surface area contributed by atoms with Crippen molar-refractivity contribution in [2.45, 2.75) is 18.7 Å². The predicted molar refractivity (Wildman–Crippen MR) is 106 cm³/mol. The third-order valence-corrected chi connectivity index (χ3v) is 4.44. The van der Waals surface area contributed by atoms with E-state index in [4.69, 9.17) is 14.7 Å². The van der Waals surface area contributed by atoms with Crippen LogP contribution in [0.4, 0.5) is 11.4 Å². The van der Waals surface area contributed by atoms with Gasteiger partial charge in [-0.15, -0.1) is 0 Å². The first-order valence-corrected chi connectivity index (χ1v) is 9.05. The number of thiocyanates is 1. The molecule has 1 amide bonds. The zero-order valence-electron chi connectivity index (χ0n) is 15.8. The zero-order chi connectivity index (χ0) is 21.6. The van der Waals surface area contributed by atoms with Crippen molar-refractivity contribution in [3.8, 4) is 11.2 Å². The summed E-state index contributed by atoms with van der Waals surface area (Å²) in [6.07, 6.45) is 0. The summed E-state index contributed by atoms with van der Waals surface area (Å²) in [5.74, 6) is -1.40. The molecule has 0 aliphatic heterocycles. The van der Waals surface area contributed by atoms with Crippen molar-refractivity contribution in [2.24, 2.45) is 0 Å². The Morgan fingerprint density at radius 2 is 1.90 bits per heavy atom. The van der Waals surface area contributed by atoms with Gasteiger partial charge in [0.25, 0.3) is 11.6 Å². The zero-order valence-corrected chi connectivity index (χ0v) is 16.7. The molecule has 2 aromatic carbocycles. The number of carbonyl (C=O) groups is 2. The highest BCUT2D eigenvalue weighted by molar-refractivity contribution is 8.03. The van der Waals surface area contributed by atoms with Gasteiger partial charge < -0.3 is 14.8 Å². The van der Waals surface area contributed by atoms with E-state index in [1.165, 1.54) is 19.2 Å². The number of nitro groups is 1. The van der Waals surface area contributed by atoms with Gasteiger partial charge in [0.1, 0.15) is 16.7 Å². The molecule has 0 fully saturated rings. The molecular weight excluding hydrogens is 398 g/mol. The predicted octanol–water partition coefficient (Wildman–Crippen LogP) is 3.59. The van der Waals surface area contributed by atoms with Crippen LogP contribution in [0.5, 0.6) is 5.75 Å². The first-order chi connectivity index (χ1) is 13.8. The Labute approximate surface area is 170 Å². The molecule has 10 heteroatoms. The van der Waals surface area contributed by atoms with Crippen LogP contribution in [0.25, 0.3) is 0 Å². The smallest absolute Gasteiger partial charge is 0.342 e. The topological polar surface area (TPSA) is 132 Å².